The summed E-state index contributed by atoms with van der Waals surface area (Å²) in [5, 5.41) is 27.1. The van der Waals surface area contributed by atoms with Crippen LogP contribution >= 0.6 is 11.6 Å². The Morgan fingerprint density at radius 2 is 1.70 bits per heavy atom. The summed E-state index contributed by atoms with van der Waals surface area (Å²) >= 11 is 6.25. The van der Waals surface area contributed by atoms with Gasteiger partial charge in [0.15, 0.2) is 12.6 Å². The van der Waals surface area contributed by atoms with E-state index in [1.165, 1.54) is 7.11 Å². The van der Waals surface area contributed by atoms with Gasteiger partial charge in [0.1, 0.15) is 23.1 Å². The molecule has 0 spiro atoms. The standard InChI is InChI=1S/C33H30ClN5O7/c1-3-45-28-10-5-4-9-24(28)32(41)39-30-26(18-35)25(17-27(38-30)23-12-11-22(34)16-29(23)46-19-44-2)20-7-6-8-21(15-20)31(40)36-13-14-37-33(42)43/h4-12,15-17,37H,3,13-14,19H2,1-2H3,(H,36,40)(H,42,43)(H,38,39,41). The largest absolute Gasteiger partial charge is 0.493 e. The molecular weight excluding hydrogens is 614 g/mol. The van der Waals surface area contributed by atoms with Crippen molar-refractivity contribution in [2.24, 2.45) is 0 Å². The molecule has 1 heterocycles. The molecule has 0 aliphatic heterocycles. The number of halogens is 1. The molecule has 13 heteroatoms. The van der Waals surface area contributed by atoms with Crippen molar-refractivity contribution >= 4 is 35.3 Å². The summed E-state index contributed by atoms with van der Waals surface area (Å²) in [6.45, 7) is 2.16. The van der Waals surface area contributed by atoms with Crippen molar-refractivity contribution < 1.29 is 33.7 Å². The fourth-order valence-corrected chi connectivity index (χ4v) is 4.61. The predicted octanol–water partition coefficient (Wildman–Crippen LogP) is 5.57. The molecule has 4 N–H and O–H groups in total. The lowest BCUT2D eigenvalue weighted by Gasteiger charge is -2.17. The fraction of sp³-hybridized carbons (Fsp3) is 0.182. The van der Waals surface area contributed by atoms with Crippen molar-refractivity contribution in [2.45, 2.75) is 6.92 Å². The molecule has 4 rings (SSSR count). The number of nitrogens with one attached hydrogen (secondary N) is 3. The first-order valence-electron chi connectivity index (χ1n) is 14.0. The maximum atomic E-state index is 13.5. The Balaban J connectivity index is 1.84. The van der Waals surface area contributed by atoms with Gasteiger partial charge in [-0.25, -0.2) is 9.78 Å². The summed E-state index contributed by atoms with van der Waals surface area (Å²) in [4.78, 5) is 41.8. The molecule has 0 aliphatic carbocycles. The molecule has 0 bridgehead atoms. The topological polar surface area (TPSA) is 172 Å². The summed E-state index contributed by atoms with van der Waals surface area (Å²) in [7, 11) is 1.47. The van der Waals surface area contributed by atoms with Gasteiger partial charge in [0, 0.05) is 41.9 Å². The molecule has 46 heavy (non-hydrogen) atoms. The van der Waals surface area contributed by atoms with Crippen LogP contribution in [0.1, 0.15) is 33.2 Å². The van der Waals surface area contributed by atoms with Gasteiger partial charge in [0.25, 0.3) is 11.8 Å². The second-order valence-electron chi connectivity index (χ2n) is 9.53. The van der Waals surface area contributed by atoms with Gasteiger partial charge in [0.2, 0.25) is 0 Å². The molecule has 0 unspecified atom stereocenters. The molecule has 1 aromatic heterocycles. The van der Waals surface area contributed by atoms with E-state index in [1.54, 1.807) is 79.7 Å². The van der Waals surface area contributed by atoms with Crippen molar-refractivity contribution in [1.29, 1.82) is 5.26 Å². The fourth-order valence-electron chi connectivity index (χ4n) is 4.45. The summed E-state index contributed by atoms with van der Waals surface area (Å²) in [5.41, 5.74) is 2.24. The monoisotopic (exact) mass is 643 g/mol. The summed E-state index contributed by atoms with van der Waals surface area (Å²) in [6.07, 6.45) is -1.20. The molecule has 0 atom stereocenters. The van der Waals surface area contributed by atoms with Gasteiger partial charge in [-0.15, -0.1) is 0 Å². The number of methoxy groups -OCH3 is 1. The molecule has 0 fully saturated rings. The van der Waals surface area contributed by atoms with Crippen LogP contribution in [0.2, 0.25) is 5.02 Å². The third kappa shape index (κ3) is 8.29. The number of pyridine rings is 1. The maximum Gasteiger partial charge on any atom is 0.404 e. The van der Waals surface area contributed by atoms with Crippen LogP contribution in [0.25, 0.3) is 22.4 Å². The minimum absolute atomic E-state index is 0.0249. The molecule has 236 valence electrons. The van der Waals surface area contributed by atoms with Crippen molar-refractivity contribution in [3.63, 3.8) is 0 Å². The van der Waals surface area contributed by atoms with E-state index in [4.69, 9.17) is 30.9 Å². The summed E-state index contributed by atoms with van der Waals surface area (Å²) in [5.74, 6) is -0.322. The number of para-hydroxylation sites is 1. The first kappa shape index (κ1) is 33.3. The van der Waals surface area contributed by atoms with Crippen molar-refractivity contribution in [3.05, 3.63) is 94.5 Å². The van der Waals surface area contributed by atoms with Crippen molar-refractivity contribution in [1.82, 2.24) is 15.6 Å². The van der Waals surface area contributed by atoms with E-state index < -0.39 is 17.9 Å². The number of ether oxygens (including phenoxy) is 3. The molecule has 0 radical (unpaired) electrons. The number of hydrogen-bond acceptors (Lipinski definition) is 8. The van der Waals surface area contributed by atoms with E-state index in [0.29, 0.717) is 45.5 Å². The highest BCUT2D eigenvalue weighted by Crippen LogP contribution is 2.37. The average molecular weight is 644 g/mol. The molecule has 3 amide bonds. The first-order valence-corrected chi connectivity index (χ1v) is 14.4. The van der Waals surface area contributed by atoms with E-state index in [0.717, 1.165) is 0 Å². The Morgan fingerprint density at radius 3 is 2.43 bits per heavy atom. The normalized spacial score (nSPS) is 10.4. The Bertz CT molecular complexity index is 1790. The lowest BCUT2D eigenvalue weighted by Crippen LogP contribution is -2.33. The highest BCUT2D eigenvalue weighted by atomic mass is 35.5. The van der Waals surface area contributed by atoms with Crippen LogP contribution in [0.4, 0.5) is 10.6 Å². The van der Waals surface area contributed by atoms with Gasteiger partial charge in [-0.3, -0.25) is 9.59 Å². The second kappa shape index (κ2) is 15.9. The quantitative estimate of drug-likeness (QED) is 0.107. The Hall–Kier alpha value is -5.64. The van der Waals surface area contributed by atoms with Gasteiger partial charge in [-0.2, -0.15) is 5.26 Å². The number of amides is 3. The van der Waals surface area contributed by atoms with Gasteiger partial charge >= 0.3 is 6.09 Å². The predicted molar refractivity (Wildman–Crippen MR) is 171 cm³/mol. The molecule has 0 saturated heterocycles. The lowest BCUT2D eigenvalue weighted by atomic mass is 9.96. The molecule has 4 aromatic rings. The van der Waals surface area contributed by atoms with Crippen LogP contribution in [0.15, 0.2) is 72.8 Å². The molecule has 0 aliphatic rings. The van der Waals surface area contributed by atoms with Crippen LogP contribution in [0.5, 0.6) is 11.5 Å². The lowest BCUT2D eigenvalue weighted by molar-refractivity contribution is 0.0515. The van der Waals surface area contributed by atoms with Crippen molar-refractivity contribution in [2.75, 3.05) is 38.9 Å². The number of carbonyl (C=O) groups is 3. The smallest absolute Gasteiger partial charge is 0.404 e. The number of carboxylic acid groups (broad SMARTS) is 1. The number of carbonyl (C=O) groups excluding carboxylic acids is 2. The Kier molecular flexibility index (Phi) is 11.5. The second-order valence-corrected chi connectivity index (χ2v) is 9.97. The van der Waals surface area contributed by atoms with E-state index >= 15 is 0 Å². The third-order valence-electron chi connectivity index (χ3n) is 6.47. The number of rotatable bonds is 13. The average Bonchev–Trinajstić information content (AvgIpc) is 3.05. The van der Waals surface area contributed by atoms with Gasteiger partial charge < -0.3 is 35.3 Å². The zero-order valence-corrected chi connectivity index (χ0v) is 25.7. The minimum atomic E-state index is -1.20. The van der Waals surface area contributed by atoms with Crippen LogP contribution in [-0.2, 0) is 4.74 Å². The zero-order chi connectivity index (χ0) is 33.1. The minimum Gasteiger partial charge on any atom is -0.493 e. The number of anilines is 1. The Labute approximate surface area is 269 Å². The number of benzene rings is 3. The van der Waals surface area contributed by atoms with E-state index in [2.05, 4.69) is 27.0 Å². The van der Waals surface area contributed by atoms with Crippen LogP contribution in [-0.4, -0.2) is 61.6 Å². The SMILES string of the molecule is CCOc1ccccc1C(=O)Nc1nc(-c2ccc(Cl)cc2OCOC)cc(-c2cccc(C(=O)NCCNC(=O)O)c2)c1C#N. The zero-order valence-electron chi connectivity index (χ0n) is 24.9. The maximum absolute atomic E-state index is 13.5. The molecule has 0 saturated carbocycles. The van der Waals surface area contributed by atoms with Gasteiger partial charge in [-0.1, -0.05) is 35.9 Å². The summed E-state index contributed by atoms with van der Waals surface area (Å²) in [6, 6.07) is 22.0. The summed E-state index contributed by atoms with van der Waals surface area (Å²) < 4.78 is 16.5. The van der Waals surface area contributed by atoms with Gasteiger partial charge in [-0.05, 0) is 61.0 Å². The van der Waals surface area contributed by atoms with Crippen LogP contribution in [0.3, 0.4) is 0 Å². The molecule has 3 aromatic carbocycles. The van der Waals surface area contributed by atoms with E-state index in [9.17, 15) is 19.6 Å². The van der Waals surface area contributed by atoms with E-state index in [-0.39, 0.29) is 42.4 Å². The first-order chi connectivity index (χ1) is 22.2. The number of nitriles is 1. The molecule has 12 nitrogen and oxygen atoms in total. The number of aromatic nitrogens is 1. The van der Waals surface area contributed by atoms with Crippen molar-refractivity contribution in [3.8, 4) is 40.0 Å². The molecular formula is C33H30ClN5O7. The Morgan fingerprint density at radius 1 is 0.913 bits per heavy atom. The van der Waals surface area contributed by atoms with Crippen LogP contribution < -0.4 is 25.4 Å². The highest BCUT2D eigenvalue weighted by Gasteiger charge is 2.22. The van der Waals surface area contributed by atoms with E-state index in [1.807, 2.05) is 0 Å². The number of hydrogen-bond donors (Lipinski definition) is 4. The van der Waals surface area contributed by atoms with Crippen LogP contribution in [0, 0.1) is 11.3 Å². The third-order valence-corrected chi connectivity index (χ3v) is 6.70. The highest BCUT2D eigenvalue weighted by molar-refractivity contribution is 6.30. The number of nitrogens with zero attached hydrogens (tertiary/aromatic N) is 2. The van der Waals surface area contributed by atoms with Gasteiger partial charge in [0.05, 0.1) is 17.9 Å².